The Morgan fingerprint density at radius 2 is 1.76 bits per heavy atom. The molecule has 2 aromatic rings. The zero-order chi connectivity index (χ0) is 16.7. The van der Waals surface area contributed by atoms with Crippen LogP contribution in [0.25, 0.3) is 0 Å². The van der Waals surface area contributed by atoms with E-state index in [4.69, 9.17) is 0 Å². The van der Waals surface area contributed by atoms with Crippen LogP contribution in [0.3, 0.4) is 0 Å². The molecule has 3 heterocycles. The average molecular weight is 360 g/mol. The monoisotopic (exact) mass is 359 g/mol. The van der Waals surface area contributed by atoms with Crippen molar-refractivity contribution in [1.29, 1.82) is 0 Å². The van der Waals surface area contributed by atoms with Gasteiger partial charge >= 0.3 is 0 Å². The number of carbonyl (C=O) groups excluding carboxylic acids is 1. The maximum Gasteiger partial charge on any atom is 0.255 e. The summed E-state index contributed by atoms with van der Waals surface area (Å²) in [5.41, 5.74) is 4.37. The lowest BCUT2D eigenvalue weighted by molar-refractivity contribution is 0.0781. The van der Waals surface area contributed by atoms with Gasteiger partial charge in [0.1, 0.15) is 0 Å². The van der Waals surface area contributed by atoms with Crippen molar-refractivity contribution in [1.82, 2.24) is 14.8 Å². The number of nitrogens with zero attached hydrogens (tertiary/aromatic N) is 2. The number of halogens is 1. The Bertz CT molecular complexity index is 744. The van der Waals surface area contributed by atoms with Gasteiger partial charge in [0.05, 0.1) is 5.56 Å². The van der Waals surface area contributed by atoms with Crippen molar-refractivity contribution in [2.75, 3.05) is 26.2 Å². The first-order chi connectivity index (χ1) is 11.6. The Kier molecular flexibility index (Phi) is 5.21. The van der Waals surface area contributed by atoms with E-state index in [0.29, 0.717) is 11.8 Å². The quantitative estimate of drug-likeness (QED) is 0.915. The number of likely N-dealkylation sites (tertiary alicyclic amines) is 1. The Morgan fingerprint density at radius 1 is 1.12 bits per heavy atom. The fourth-order valence-electron chi connectivity index (χ4n) is 4.22. The molecule has 0 aliphatic carbocycles. The van der Waals surface area contributed by atoms with Gasteiger partial charge in [-0.3, -0.25) is 4.79 Å². The predicted molar refractivity (Wildman–Crippen MR) is 102 cm³/mol. The zero-order valence-corrected chi connectivity index (χ0v) is 15.7. The smallest absolute Gasteiger partial charge is 0.255 e. The molecule has 134 valence electrons. The molecule has 0 spiro atoms. The minimum Gasteiger partial charge on any atom is -0.344 e. The van der Waals surface area contributed by atoms with Crippen LogP contribution in [0.5, 0.6) is 0 Å². The molecule has 25 heavy (non-hydrogen) atoms. The second-order valence-electron chi connectivity index (χ2n) is 7.25. The summed E-state index contributed by atoms with van der Waals surface area (Å²) >= 11 is 0. The predicted octanol–water partition coefficient (Wildman–Crippen LogP) is 2.87. The molecule has 2 aliphatic heterocycles. The largest absolute Gasteiger partial charge is 0.344 e. The minimum absolute atomic E-state index is 0. The summed E-state index contributed by atoms with van der Waals surface area (Å²) < 4.78 is 2.25. The molecule has 4 nitrogen and oxygen atoms in total. The van der Waals surface area contributed by atoms with Gasteiger partial charge < -0.3 is 14.8 Å². The SMILES string of the molecule is Cc1cc(C(=O)N2C[C@H]3CNC[C@H]3C2)c(C)n1Cc1ccccc1.Cl. The van der Waals surface area contributed by atoms with Crippen molar-refractivity contribution in [3.63, 3.8) is 0 Å². The molecule has 1 aromatic carbocycles. The van der Waals surface area contributed by atoms with Crippen LogP contribution in [0.2, 0.25) is 0 Å². The van der Waals surface area contributed by atoms with Crippen LogP contribution in [0.1, 0.15) is 27.3 Å². The summed E-state index contributed by atoms with van der Waals surface area (Å²) in [6, 6.07) is 12.5. The third-order valence-electron chi connectivity index (χ3n) is 5.66. The number of benzene rings is 1. The highest BCUT2D eigenvalue weighted by Gasteiger charge is 2.38. The van der Waals surface area contributed by atoms with Gasteiger partial charge in [0.2, 0.25) is 0 Å². The molecule has 1 amide bonds. The maximum atomic E-state index is 13.0. The Morgan fingerprint density at radius 3 is 2.40 bits per heavy atom. The van der Waals surface area contributed by atoms with Gasteiger partial charge in [-0.15, -0.1) is 12.4 Å². The van der Waals surface area contributed by atoms with Crippen LogP contribution >= 0.6 is 12.4 Å². The number of aryl methyl sites for hydroxylation is 1. The summed E-state index contributed by atoms with van der Waals surface area (Å²) in [5, 5.41) is 3.43. The number of nitrogens with one attached hydrogen (secondary N) is 1. The first-order valence-electron chi connectivity index (χ1n) is 8.84. The highest BCUT2D eigenvalue weighted by atomic mass is 35.5. The number of carbonyl (C=O) groups is 1. The number of aromatic nitrogens is 1. The second kappa shape index (κ2) is 7.22. The molecule has 0 unspecified atom stereocenters. The van der Waals surface area contributed by atoms with Gasteiger partial charge in [-0.1, -0.05) is 30.3 Å². The normalized spacial score (nSPS) is 21.9. The molecule has 2 atom stereocenters. The summed E-state index contributed by atoms with van der Waals surface area (Å²) in [6.45, 7) is 8.90. The number of rotatable bonds is 3. The van der Waals surface area contributed by atoms with Crippen LogP contribution in [0, 0.1) is 25.7 Å². The maximum absolute atomic E-state index is 13.0. The molecular formula is C20H26ClN3O. The van der Waals surface area contributed by atoms with E-state index in [2.05, 4.69) is 59.0 Å². The van der Waals surface area contributed by atoms with E-state index >= 15 is 0 Å². The standard InChI is InChI=1S/C20H25N3O.ClH/c1-14-8-19(15(2)23(14)11-16-6-4-3-5-7-16)20(24)22-12-17-9-21-10-18(17)13-22;/h3-8,17-18,21H,9-13H2,1-2H3;1H/t17-,18+;. The third kappa shape index (κ3) is 3.33. The van der Waals surface area contributed by atoms with Crippen molar-refractivity contribution in [3.8, 4) is 0 Å². The van der Waals surface area contributed by atoms with Crippen molar-refractivity contribution < 1.29 is 4.79 Å². The molecule has 2 aliphatic rings. The van der Waals surface area contributed by atoms with E-state index in [1.165, 1.54) is 5.56 Å². The molecule has 0 radical (unpaired) electrons. The molecule has 5 heteroatoms. The second-order valence-corrected chi connectivity index (χ2v) is 7.25. The van der Waals surface area contributed by atoms with Gasteiger partial charge in [-0.25, -0.2) is 0 Å². The summed E-state index contributed by atoms with van der Waals surface area (Å²) in [5.74, 6) is 1.49. The lowest BCUT2D eigenvalue weighted by atomic mass is 10.0. The van der Waals surface area contributed by atoms with E-state index < -0.39 is 0 Å². The summed E-state index contributed by atoms with van der Waals surface area (Å²) in [6.07, 6.45) is 0. The molecule has 2 saturated heterocycles. The number of hydrogen-bond acceptors (Lipinski definition) is 2. The lowest BCUT2D eigenvalue weighted by Gasteiger charge is -2.18. The van der Waals surface area contributed by atoms with Gasteiger partial charge in [0, 0.05) is 44.1 Å². The number of amides is 1. The molecule has 4 rings (SSSR count). The third-order valence-corrected chi connectivity index (χ3v) is 5.66. The molecule has 1 aromatic heterocycles. The highest BCUT2D eigenvalue weighted by molar-refractivity contribution is 5.96. The van der Waals surface area contributed by atoms with E-state index in [9.17, 15) is 4.79 Å². The zero-order valence-electron chi connectivity index (χ0n) is 14.9. The van der Waals surface area contributed by atoms with Crippen LogP contribution in [-0.4, -0.2) is 41.6 Å². The van der Waals surface area contributed by atoms with Crippen molar-refractivity contribution in [2.24, 2.45) is 11.8 Å². The van der Waals surface area contributed by atoms with E-state index in [1.807, 2.05) is 6.07 Å². The fourth-order valence-corrected chi connectivity index (χ4v) is 4.22. The van der Waals surface area contributed by atoms with Crippen molar-refractivity contribution in [2.45, 2.75) is 20.4 Å². The number of fused-ring (bicyclic) bond motifs is 1. The molecule has 2 fully saturated rings. The first-order valence-corrected chi connectivity index (χ1v) is 8.84. The van der Waals surface area contributed by atoms with Crippen LogP contribution in [-0.2, 0) is 6.54 Å². The lowest BCUT2D eigenvalue weighted by Crippen LogP contribution is -2.32. The van der Waals surface area contributed by atoms with Crippen molar-refractivity contribution >= 4 is 18.3 Å². The molecular weight excluding hydrogens is 334 g/mol. The summed E-state index contributed by atoms with van der Waals surface area (Å²) in [7, 11) is 0. The van der Waals surface area contributed by atoms with Gasteiger partial charge in [-0.05, 0) is 37.3 Å². The van der Waals surface area contributed by atoms with Gasteiger partial charge in [0.25, 0.3) is 5.91 Å². The summed E-state index contributed by atoms with van der Waals surface area (Å²) in [4.78, 5) is 15.1. The fraction of sp³-hybridized carbons (Fsp3) is 0.450. The van der Waals surface area contributed by atoms with Crippen molar-refractivity contribution in [3.05, 3.63) is 58.9 Å². The van der Waals surface area contributed by atoms with E-state index in [1.54, 1.807) is 0 Å². The Hall–Kier alpha value is -1.78. The van der Waals surface area contributed by atoms with E-state index in [0.717, 1.165) is 49.7 Å². The Labute approximate surface area is 155 Å². The van der Waals surface area contributed by atoms with Crippen LogP contribution in [0.4, 0.5) is 0 Å². The molecule has 0 saturated carbocycles. The topological polar surface area (TPSA) is 37.3 Å². The average Bonchev–Trinajstić information content (AvgIpc) is 3.25. The molecule has 0 bridgehead atoms. The highest BCUT2D eigenvalue weighted by Crippen LogP contribution is 2.28. The first kappa shape index (κ1) is 18.0. The van der Waals surface area contributed by atoms with Crippen LogP contribution < -0.4 is 5.32 Å². The Balaban J connectivity index is 0.00000182. The van der Waals surface area contributed by atoms with Gasteiger partial charge in [-0.2, -0.15) is 0 Å². The van der Waals surface area contributed by atoms with E-state index in [-0.39, 0.29) is 18.3 Å². The van der Waals surface area contributed by atoms with Crippen LogP contribution in [0.15, 0.2) is 36.4 Å². The molecule has 1 N–H and O–H groups in total. The number of hydrogen-bond donors (Lipinski definition) is 1. The van der Waals surface area contributed by atoms with Gasteiger partial charge in [0.15, 0.2) is 0 Å². The minimum atomic E-state index is 0.